The van der Waals surface area contributed by atoms with Crippen LogP contribution in [-0.2, 0) is 9.59 Å². The van der Waals surface area contributed by atoms with Crippen LogP contribution in [0.3, 0.4) is 0 Å². The van der Waals surface area contributed by atoms with Crippen molar-refractivity contribution in [3.8, 4) is 0 Å². The molecule has 0 rings (SSSR count). The Hall–Kier alpha value is -0.740. The van der Waals surface area contributed by atoms with Crippen LogP contribution in [0.25, 0.3) is 0 Å². The molecule has 4 heteroatoms. The largest absolute Gasteiger partial charge is 0.316 e. The van der Waals surface area contributed by atoms with Gasteiger partial charge in [0.15, 0.2) is 0 Å². The van der Waals surface area contributed by atoms with E-state index < -0.39 is 6.17 Å². The molecule has 0 amide bonds. The molecule has 64 valence electrons. The molecule has 0 fully saturated rings. The highest BCUT2D eigenvalue weighted by Crippen LogP contribution is 1.94. The molecule has 0 aliphatic carbocycles. The maximum Gasteiger partial charge on any atom is 0.143 e. The number of hydrogen-bond donors (Lipinski definition) is 2. The van der Waals surface area contributed by atoms with E-state index in [1.54, 1.807) is 6.92 Å². The Kier molecular flexibility index (Phi) is 4.65. The molecule has 0 saturated heterocycles. The molecule has 0 unspecified atom stereocenters. The van der Waals surface area contributed by atoms with Gasteiger partial charge in [0.05, 0.1) is 12.6 Å². The zero-order valence-corrected chi connectivity index (χ0v) is 6.67. The van der Waals surface area contributed by atoms with E-state index in [2.05, 4.69) is 0 Å². The second kappa shape index (κ2) is 4.98. The van der Waals surface area contributed by atoms with Crippen molar-refractivity contribution in [3.63, 3.8) is 0 Å². The van der Waals surface area contributed by atoms with Crippen LogP contribution in [0.2, 0.25) is 0 Å². The molecule has 0 saturated carbocycles. The predicted octanol–water partition coefficient (Wildman–Crippen LogP) is -0.442. The molecule has 0 heterocycles. The van der Waals surface area contributed by atoms with Gasteiger partial charge in [-0.3, -0.25) is 9.59 Å². The molecule has 4 nitrogen and oxygen atoms in total. The predicted molar refractivity (Wildman–Crippen MR) is 41.7 cm³/mol. The van der Waals surface area contributed by atoms with Gasteiger partial charge in [-0.15, -0.1) is 0 Å². The Morgan fingerprint density at radius 3 is 2.18 bits per heavy atom. The Balaban J connectivity index is 3.61. The lowest BCUT2D eigenvalue weighted by Gasteiger charge is -2.01. The minimum Gasteiger partial charge on any atom is -0.316 e. The van der Waals surface area contributed by atoms with Crippen LogP contribution < -0.4 is 11.5 Å². The number of Topliss-reactive ketones (excluding diaryl/α,β-unsaturated/α-hetero) is 2. The monoisotopic (exact) mass is 158 g/mol. The van der Waals surface area contributed by atoms with Crippen molar-refractivity contribution in [1.82, 2.24) is 0 Å². The summed E-state index contributed by atoms with van der Waals surface area (Å²) in [6.45, 7) is 1.72. The fourth-order valence-electron chi connectivity index (χ4n) is 0.680. The Bertz CT molecular complexity index is 155. The lowest BCUT2D eigenvalue weighted by Crippen LogP contribution is -2.33. The van der Waals surface area contributed by atoms with Crippen molar-refractivity contribution < 1.29 is 9.59 Å². The molecule has 0 spiro atoms. The zero-order chi connectivity index (χ0) is 8.85. The number of carbonyl (C=O) groups is 2. The van der Waals surface area contributed by atoms with Gasteiger partial charge in [0.1, 0.15) is 11.6 Å². The van der Waals surface area contributed by atoms with E-state index in [4.69, 9.17) is 11.5 Å². The molecular weight excluding hydrogens is 144 g/mol. The zero-order valence-electron chi connectivity index (χ0n) is 6.67. The molecule has 0 radical (unpaired) electrons. The number of nitrogens with two attached hydrogens (primary N) is 2. The lowest BCUT2D eigenvalue weighted by molar-refractivity contribution is -0.126. The summed E-state index contributed by atoms with van der Waals surface area (Å²) in [7, 11) is 0. The third-order valence-corrected chi connectivity index (χ3v) is 1.25. The summed E-state index contributed by atoms with van der Waals surface area (Å²) in [4.78, 5) is 21.5. The summed E-state index contributed by atoms with van der Waals surface area (Å²) < 4.78 is 0. The second-order valence-corrected chi connectivity index (χ2v) is 2.48. The molecule has 0 atom stereocenters. The van der Waals surface area contributed by atoms with Crippen LogP contribution in [0.4, 0.5) is 0 Å². The maximum atomic E-state index is 10.8. The third-order valence-electron chi connectivity index (χ3n) is 1.25. The van der Waals surface area contributed by atoms with Crippen molar-refractivity contribution in [1.29, 1.82) is 0 Å². The molecule has 0 bridgehead atoms. The number of hydrogen-bond acceptors (Lipinski definition) is 4. The third kappa shape index (κ3) is 5.69. The highest BCUT2D eigenvalue weighted by molar-refractivity contribution is 5.99. The fourth-order valence-corrected chi connectivity index (χ4v) is 0.680. The summed E-state index contributed by atoms with van der Waals surface area (Å²) in [6.07, 6.45) is -0.175. The van der Waals surface area contributed by atoms with Crippen LogP contribution >= 0.6 is 0 Å². The second-order valence-electron chi connectivity index (χ2n) is 2.48. The van der Waals surface area contributed by atoms with Crippen molar-refractivity contribution in [3.05, 3.63) is 0 Å². The molecule has 0 aromatic rings. The highest BCUT2D eigenvalue weighted by atomic mass is 16.1. The molecular formula is C7H14N2O2. The van der Waals surface area contributed by atoms with Gasteiger partial charge in [0.2, 0.25) is 0 Å². The molecule has 0 aliphatic rings. The summed E-state index contributed by atoms with van der Waals surface area (Å²) in [5.41, 5.74) is 10.3. The van der Waals surface area contributed by atoms with Gasteiger partial charge in [-0.05, 0) is 0 Å². The Morgan fingerprint density at radius 2 is 1.82 bits per heavy atom. The van der Waals surface area contributed by atoms with Gasteiger partial charge in [0, 0.05) is 12.8 Å². The van der Waals surface area contributed by atoms with Gasteiger partial charge in [0.25, 0.3) is 0 Å². The first-order valence-electron chi connectivity index (χ1n) is 3.60. The summed E-state index contributed by atoms with van der Waals surface area (Å²) >= 11 is 0. The van der Waals surface area contributed by atoms with E-state index in [0.717, 1.165) is 0 Å². The van der Waals surface area contributed by atoms with Gasteiger partial charge in [-0.1, -0.05) is 6.92 Å². The fraction of sp³-hybridized carbons (Fsp3) is 0.714. The first-order valence-corrected chi connectivity index (χ1v) is 3.60. The van der Waals surface area contributed by atoms with Crippen molar-refractivity contribution in [2.24, 2.45) is 11.5 Å². The van der Waals surface area contributed by atoms with E-state index in [-0.39, 0.29) is 24.4 Å². The minimum atomic E-state index is -0.632. The Morgan fingerprint density at radius 1 is 1.27 bits per heavy atom. The van der Waals surface area contributed by atoms with E-state index in [9.17, 15) is 9.59 Å². The summed E-state index contributed by atoms with van der Waals surface area (Å²) in [6, 6.07) is 0. The average Bonchev–Trinajstić information content (AvgIpc) is 1.85. The number of rotatable bonds is 5. The van der Waals surface area contributed by atoms with E-state index in [1.807, 2.05) is 0 Å². The van der Waals surface area contributed by atoms with E-state index in [0.29, 0.717) is 6.42 Å². The smallest absolute Gasteiger partial charge is 0.143 e. The Labute approximate surface area is 65.9 Å². The first-order chi connectivity index (χ1) is 5.06. The topological polar surface area (TPSA) is 86.2 Å². The van der Waals surface area contributed by atoms with Gasteiger partial charge >= 0.3 is 0 Å². The quantitative estimate of drug-likeness (QED) is 0.419. The molecule has 0 aromatic heterocycles. The molecule has 4 N–H and O–H groups in total. The minimum absolute atomic E-state index is 0.0264. The molecule has 0 aliphatic heterocycles. The van der Waals surface area contributed by atoms with Crippen LogP contribution in [-0.4, -0.2) is 17.7 Å². The van der Waals surface area contributed by atoms with Gasteiger partial charge in [-0.2, -0.15) is 0 Å². The molecule has 0 aromatic carbocycles. The molecule has 11 heavy (non-hydrogen) atoms. The SMILES string of the molecule is CCC(=O)CC(=O)CC(N)N. The van der Waals surface area contributed by atoms with E-state index in [1.165, 1.54) is 0 Å². The van der Waals surface area contributed by atoms with Crippen LogP contribution in [0.15, 0.2) is 0 Å². The van der Waals surface area contributed by atoms with Gasteiger partial charge in [-0.25, -0.2) is 0 Å². The van der Waals surface area contributed by atoms with Crippen molar-refractivity contribution >= 4 is 11.6 Å². The van der Waals surface area contributed by atoms with Crippen LogP contribution in [0.5, 0.6) is 0 Å². The van der Waals surface area contributed by atoms with Crippen LogP contribution in [0, 0.1) is 0 Å². The van der Waals surface area contributed by atoms with Crippen molar-refractivity contribution in [2.45, 2.75) is 32.4 Å². The van der Waals surface area contributed by atoms with Crippen molar-refractivity contribution in [2.75, 3.05) is 0 Å². The highest BCUT2D eigenvalue weighted by Gasteiger charge is 2.09. The standard InChI is InChI=1S/C7H14N2O2/c1-2-5(10)3-6(11)4-7(8)9/h7H,2-4,8-9H2,1H3. The van der Waals surface area contributed by atoms with Crippen LogP contribution in [0.1, 0.15) is 26.2 Å². The summed E-state index contributed by atoms with van der Waals surface area (Å²) in [5, 5.41) is 0. The summed E-state index contributed by atoms with van der Waals surface area (Å²) in [5.74, 6) is -0.234. The lowest BCUT2D eigenvalue weighted by atomic mass is 10.1. The normalized spacial score (nSPS) is 10.2. The first kappa shape index (κ1) is 10.3. The van der Waals surface area contributed by atoms with Gasteiger partial charge < -0.3 is 11.5 Å². The number of carbonyl (C=O) groups excluding carboxylic acids is 2. The number of ketones is 2. The van der Waals surface area contributed by atoms with E-state index >= 15 is 0 Å². The average molecular weight is 158 g/mol. The maximum absolute atomic E-state index is 10.8.